The maximum atomic E-state index is 10.6. The van der Waals surface area contributed by atoms with E-state index < -0.39 is 5.91 Å². The summed E-state index contributed by atoms with van der Waals surface area (Å²) in [5.74, 6) is -0.334. The van der Waals surface area contributed by atoms with Crippen molar-refractivity contribution in [2.45, 2.75) is 12.4 Å². The number of carbonyl (C=O) groups excluding carboxylic acids is 1. The minimum Gasteiger partial charge on any atom is -0.368 e. The van der Waals surface area contributed by atoms with E-state index in [1.807, 2.05) is 0 Å². The zero-order valence-corrected chi connectivity index (χ0v) is 7.42. The van der Waals surface area contributed by atoms with Crippen LogP contribution in [0.3, 0.4) is 0 Å². The molecule has 0 bridgehead atoms. The molecule has 0 spiro atoms. The van der Waals surface area contributed by atoms with Crippen LogP contribution in [0, 0.1) is 0 Å². The van der Waals surface area contributed by atoms with Crippen LogP contribution in [0.4, 0.5) is 0 Å². The van der Waals surface area contributed by atoms with E-state index in [0.717, 1.165) is 5.56 Å². The summed E-state index contributed by atoms with van der Waals surface area (Å²) in [7, 11) is 1.59. The summed E-state index contributed by atoms with van der Waals surface area (Å²) < 4.78 is 1.49. The lowest BCUT2D eigenvalue weighted by molar-refractivity contribution is -0.183. The van der Waals surface area contributed by atoms with Gasteiger partial charge in [-0.05, 0) is 5.56 Å². The van der Waals surface area contributed by atoms with Crippen molar-refractivity contribution < 1.29 is 14.5 Å². The first-order chi connectivity index (χ1) is 6.75. The highest BCUT2D eigenvalue weighted by molar-refractivity contribution is 6.30. The second-order valence-electron chi connectivity index (χ2n) is 3.06. The standard InChI is InChI=1S/C7H9BN3O3/c9-7(12)3-11-2-5(1-10-11)6-4-13-14-8-6/h1-2,6H,3-4H2,(H2,9,12). The quantitative estimate of drug-likeness (QED) is 0.493. The molecule has 1 radical (unpaired) electrons. The van der Waals surface area contributed by atoms with Crippen molar-refractivity contribution in [3.63, 3.8) is 0 Å². The van der Waals surface area contributed by atoms with E-state index in [2.05, 4.69) is 9.90 Å². The van der Waals surface area contributed by atoms with Crippen molar-refractivity contribution in [3.8, 4) is 0 Å². The van der Waals surface area contributed by atoms with Crippen molar-refractivity contribution >= 4 is 13.4 Å². The number of hydrogen-bond donors (Lipinski definition) is 1. The summed E-state index contributed by atoms with van der Waals surface area (Å²) in [5.41, 5.74) is 5.98. The van der Waals surface area contributed by atoms with Gasteiger partial charge < -0.3 is 10.5 Å². The summed E-state index contributed by atoms with van der Waals surface area (Å²) >= 11 is 0. The molecule has 6 nitrogen and oxygen atoms in total. The summed E-state index contributed by atoms with van der Waals surface area (Å²) in [6.45, 7) is 0.566. The van der Waals surface area contributed by atoms with Gasteiger partial charge in [0, 0.05) is 12.0 Å². The van der Waals surface area contributed by atoms with Gasteiger partial charge in [0.25, 0.3) is 0 Å². The highest BCUT2D eigenvalue weighted by Crippen LogP contribution is 2.18. The lowest BCUT2D eigenvalue weighted by Gasteiger charge is -1.98. The predicted molar refractivity (Wildman–Crippen MR) is 47.0 cm³/mol. The first-order valence-electron chi connectivity index (χ1n) is 4.18. The number of aromatic nitrogens is 2. The molecule has 1 saturated heterocycles. The molecule has 1 aromatic heterocycles. The molecule has 2 heterocycles. The summed E-state index contributed by atoms with van der Waals surface area (Å²) in [6, 6.07) is 0. The number of hydrogen-bond acceptors (Lipinski definition) is 4. The van der Waals surface area contributed by atoms with Gasteiger partial charge in [0.2, 0.25) is 5.91 Å². The molecule has 14 heavy (non-hydrogen) atoms. The first kappa shape index (κ1) is 9.23. The van der Waals surface area contributed by atoms with Gasteiger partial charge in [0.05, 0.1) is 12.8 Å². The van der Waals surface area contributed by atoms with Crippen molar-refractivity contribution in [2.24, 2.45) is 5.73 Å². The summed E-state index contributed by atoms with van der Waals surface area (Å²) in [4.78, 5) is 20.0. The Morgan fingerprint density at radius 2 is 2.71 bits per heavy atom. The predicted octanol–water partition coefficient (Wildman–Crippen LogP) is -1.01. The van der Waals surface area contributed by atoms with Gasteiger partial charge in [-0.2, -0.15) is 5.10 Å². The Labute approximate surface area is 81.2 Å². The van der Waals surface area contributed by atoms with E-state index in [4.69, 9.17) is 10.6 Å². The molecular weight excluding hydrogens is 185 g/mol. The van der Waals surface area contributed by atoms with E-state index in [1.54, 1.807) is 19.9 Å². The van der Waals surface area contributed by atoms with Gasteiger partial charge in [-0.15, -0.1) is 0 Å². The zero-order chi connectivity index (χ0) is 9.97. The number of primary amides is 1. The largest absolute Gasteiger partial charge is 0.368 e. The molecule has 1 fully saturated rings. The van der Waals surface area contributed by atoms with E-state index in [1.165, 1.54) is 4.68 Å². The Hall–Kier alpha value is -1.34. The summed E-state index contributed by atoms with van der Waals surface area (Å²) in [6.07, 6.45) is 3.42. The van der Waals surface area contributed by atoms with Crippen LogP contribution in [0.2, 0.25) is 0 Å². The molecule has 0 saturated carbocycles. The van der Waals surface area contributed by atoms with Gasteiger partial charge in [-0.1, -0.05) is 0 Å². The molecule has 0 aromatic carbocycles. The Balaban J connectivity index is 2.05. The molecule has 1 aliphatic heterocycles. The third kappa shape index (κ3) is 1.94. The van der Waals surface area contributed by atoms with Crippen LogP contribution in [0.25, 0.3) is 0 Å². The van der Waals surface area contributed by atoms with Crippen molar-refractivity contribution in [1.82, 2.24) is 9.78 Å². The van der Waals surface area contributed by atoms with Crippen LogP contribution in [0.5, 0.6) is 0 Å². The third-order valence-electron chi connectivity index (χ3n) is 1.93. The zero-order valence-electron chi connectivity index (χ0n) is 7.42. The average Bonchev–Trinajstić information content (AvgIpc) is 2.69. The van der Waals surface area contributed by atoms with E-state index >= 15 is 0 Å². The Morgan fingerprint density at radius 1 is 1.86 bits per heavy atom. The van der Waals surface area contributed by atoms with Crippen LogP contribution in [0.15, 0.2) is 12.4 Å². The molecule has 0 aliphatic carbocycles. The van der Waals surface area contributed by atoms with Crippen molar-refractivity contribution in [1.29, 1.82) is 0 Å². The molecule has 1 atom stereocenters. The molecule has 1 aromatic rings. The average molecular weight is 194 g/mol. The minimum atomic E-state index is -0.414. The van der Waals surface area contributed by atoms with Gasteiger partial charge >= 0.3 is 7.48 Å². The lowest BCUT2D eigenvalue weighted by Crippen LogP contribution is -2.18. The molecule has 2 N–H and O–H groups in total. The Morgan fingerprint density at radius 3 is 3.36 bits per heavy atom. The molecule has 1 amide bonds. The molecule has 1 aliphatic rings. The van der Waals surface area contributed by atoms with Crippen LogP contribution >= 0.6 is 0 Å². The first-order valence-corrected chi connectivity index (χ1v) is 4.18. The highest BCUT2D eigenvalue weighted by atomic mass is 17.2. The summed E-state index contributed by atoms with van der Waals surface area (Å²) in [5, 5.41) is 3.99. The van der Waals surface area contributed by atoms with Crippen LogP contribution in [-0.2, 0) is 21.0 Å². The molecule has 7 heteroatoms. The molecule has 1 unspecified atom stereocenters. The number of carbonyl (C=O) groups is 1. The smallest absolute Gasteiger partial charge is 0.354 e. The second kappa shape index (κ2) is 3.81. The number of nitrogens with two attached hydrogens (primary N) is 1. The second-order valence-corrected chi connectivity index (χ2v) is 3.06. The molecule has 73 valence electrons. The van der Waals surface area contributed by atoms with Gasteiger partial charge in [0.1, 0.15) is 6.54 Å². The number of nitrogens with zero attached hydrogens (tertiary/aromatic N) is 2. The Bertz CT molecular complexity index is 335. The number of rotatable bonds is 3. The van der Waals surface area contributed by atoms with Crippen molar-refractivity contribution in [2.75, 3.05) is 6.61 Å². The van der Waals surface area contributed by atoms with E-state index in [0.29, 0.717) is 6.61 Å². The van der Waals surface area contributed by atoms with Gasteiger partial charge in [0.15, 0.2) is 0 Å². The maximum absolute atomic E-state index is 10.6. The molecular formula is C7H9BN3O3. The topological polar surface area (TPSA) is 79.4 Å². The van der Waals surface area contributed by atoms with E-state index in [9.17, 15) is 4.79 Å². The van der Waals surface area contributed by atoms with Crippen LogP contribution in [0.1, 0.15) is 11.4 Å². The van der Waals surface area contributed by atoms with Crippen molar-refractivity contribution in [3.05, 3.63) is 18.0 Å². The highest BCUT2D eigenvalue weighted by Gasteiger charge is 2.23. The molecule has 2 rings (SSSR count). The van der Waals surface area contributed by atoms with Crippen LogP contribution in [-0.4, -0.2) is 29.8 Å². The SMILES string of the molecule is NC(=O)Cn1cc(C2[B]OOC2)cn1. The fraction of sp³-hybridized carbons (Fsp3) is 0.429. The van der Waals surface area contributed by atoms with Gasteiger partial charge in [-0.3, -0.25) is 14.4 Å². The maximum Gasteiger partial charge on any atom is 0.354 e. The van der Waals surface area contributed by atoms with E-state index in [-0.39, 0.29) is 12.4 Å². The van der Waals surface area contributed by atoms with Crippen LogP contribution < -0.4 is 5.73 Å². The third-order valence-corrected chi connectivity index (χ3v) is 1.93. The van der Waals surface area contributed by atoms with Gasteiger partial charge in [-0.25, -0.2) is 0 Å². The fourth-order valence-corrected chi connectivity index (χ4v) is 1.25. The normalized spacial score (nSPS) is 20.7. The number of amides is 1. The fourth-order valence-electron chi connectivity index (χ4n) is 1.25. The lowest BCUT2D eigenvalue weighted by atomic mass is 9.78. The minimum absolute atomic E-state index is 0.0802. The Kier molecular flexibility index (Phi) is 2.51. The monoisotopic (exact) mass is 194 g/mol.